The number of thiazole rings is 1. The van der Waals surface area contributed by atoms with Gasteiger partial charge in [0.05, 0.1) is 6.04 Å². The van der Waals surface area contributed by atoms with Gasteiger partial charge in [0.15, 0.2) is 10.5 Å². The summed E-state index contributed by atoms with van der Waals surface area (Å²) in [5, 5.41) is 4.66. The van der Waals surface area contributed by atoms with E-state index in [1.165, 1.54) is 37.2 Å². The van der Waals surface area contributed by atoms with Crippen LogP contribution >= 0.6 is 11.3 Å². The van der Waals surface area contributed by atoms with Crippen molar-refractivity contribution in [3.05, 3.63) is 17.4 Å². The van der Waals surface area contributed by atoms with Crippen molar-refractivity contribution in [3.8, 4) is 0 Å². The monoisotopic (exact) mass is 289 g/mol. The van der Waals surface area contributed by atoms with E-state index in [2.05, 4.69) is 20.2 Å². The Kier molecular flexibility index (Phi) is 3.37. The fourth-order valence-corrected chi connectivity index (χ4v) is 4.49. The summed E-state index contributed by atoms with van der Waals surface area (Å²) in [4.78, 5) is 17.1. The zero-order valence-corrected chi connectivity index (χ0v) is 12.3. The molecule has 0 saturated carbocycles. The standard InChI is InChI=1S/C14H19N5S/c1-2-11(19(9-1)10-3-5-15-6-4-10)13-18-12-14(20-13)17-8-7-16-12/h7-8,10-11,15H,1-6,9H2. The van der Waals surface area contributed by atoms with Gasteiger partial charge in [-0.15, -0.1) is 0 Å². The third-order valence-electron chi connectivity index (χ3n) is 4.42. The van der Waals surface area contributed by atoms with Crippen LogP contribution in [-0.4, -0.2) is 45.5 Å². The van der Waals surface area contributed by atoms with Crippen molar-refractivity contribution in [1.82, 2.24) is 25.2 Å². The van der Waals surface area contributed by atoms with E-state index in [1.807, 2.05) is 0 Å². The maximum Gasteiger partial charge on any atom is 0.189 e. The summed E-state index contributed by atoms with van der Waals surface area (Å²) >= 11 is 1.72. The van der Waals surface area contributed by atoms with Gasteiger partial charge in [-0.1, -0.05) is 11.3 Å². The van der Waals surface area contributed by atoms with Crippen molar-refractivity contribution in [1.29, 1.82) is 0 Å². The van der Waals surface area contributed by atoms with Gasteiger partial charge < -0.3 is 5.32 Å². The highest BCUT2D eigenvalue weighted by Crippen LogP contribution is 2.38. The molecule has 2 saturated heterocycles. The average Bonchev–Trinajstić information content (AvgIpc) is 3.14. The van der Waals surface area contributed by atoms with E-state index >= 15 is 0 Å². The summed E-state index contributed by atoms with van der Waals surface area (Å²) < 4.78 is 0. The van der Waals surface area contributed by atoms with Crippen molar-refractivity contribution >= 4 is 21.8 Å². The van der Waals surface area contributed by atoms with Crippen LogP contribution in [0.4, 0.5) is 0 Å². The third kappa shape index (κ3) is 2.21. The fraction of sp³-hybridized carbons (Fsp3) is 0.643. The van der Waals surface area contributed by atoms with Crippen LogP contribution in [0.25, 0.3) is 10.5 Å². The van der Waals surface area contributed by atoms with Crippen molar-refractivity contribution < 1.29 is 0 Å². The Bertz CT molecular complexity index is 559. The van der Waals surface area contributed by atoms with Crippen LogP contribution in [0.5, 0.6) is 0 Å². The Morgan fingerprint density at radius 1 is 1.15 bits per heavy atom. The second-order valence-electron chi connectivity index (χ2n) is 5.61. The van der Waals surface area contributed by atoms with Gasteiger partial charge in [0.2, 0.25) is 0 Å². The van der Waals surface area contributed by atoms with Gasteiger partial charge in [0.25, 0.3) is 0 Å². The predicted octanol–water partition coefficient (Wildman–Crippen LogP) is 1.98. The van der Waals surface area contributed by atoms with E-state index in [4.69, 9.17) is 4.98 Å². The molecule has 2 aliphatic heterocycles. The van der Waals surface area contributed by atoms with Crippen molar-refractivity contribution in [2.24, 2.45) is 0 Å². The van der Waals surface area contributed by atoms with Crippen molar-refractivity contribution in [3.63, 3.8) is 0 Å². The molecular weight excluding hydrogens is 270 g/mol. The summed E-state index contributed by atoms with van der Waals surface area (Å²) in [6.45, 7) is 3.51. The lowest BCUT2D eigenvalue weighted by molar-refractivity contribution is 0.148. The maximum absolute atomic E-state index is 4.73. The molecule has 20 heavy (non-hydrogen) atoms. The number of hydrogen-bond acceptors (Lipinski definition) is 6. The molecule has 0 radical (unpaired) electrons. The summed E-state index contributed by atoms with van der Waals surface area (Å²) in [6.07, 6.45) is 8.51. The number of piperidine rings is 1. The second-order valence-corrected chi connectivity index (χ2v) is 6.62. The Morgan fingerprint density at radius 2 is 2.00 bits per heavy atom. The molecule has 4 rings (SSSR count). The number of likely N-dealkylation sites (tertiary alicyclic amines) is 1. The third-order valence-corrected chi connectivity index (χ3v) is 5.47. The molecule has 0 bridgehead atoms. The van der Waals surface area contributed by atoms with Gasteiger partial charge in [-0.05, 0) is 45.3 Å². The average molecular weight is 289 g/mol. The van der Waals surface area contributed by atoms with Crippen LogP contribution in [0.1, 0.15) is 36.7 Å². The van der Waals surface area contributed by atoms with Crippen molar-refractivity contribution in [2.45, 2.75) is 37.8 Å². The maximum atomic E-state index is 4.73. The highest BCUT2D eigenvalue weighted by molar-refractivity contribution is 7.18. The van der Waals surface area contributed by atoms with E-state index in [9.17, 15) is 0 Å². The van der Waals surface area contributed by atoms with Crippen LogP contribution < -0.4 is 5.32 Å². The Hall–Kier alpha value is -1.11. The molecule has 2 aromatic heterocycles. The Labute approximate surface area is 122 Å². The van der Waals surface area contributed by atoms with E-state index in [1.54, 1.807) is 23.7 Å². The highest BCUT2D eigenvalue weighted by atomic mass is 32.1. The van der Waals surface area contributed by atoms with Crippen molar-refractivity contribution in [2.75, 3.05) is 19.6 Å². The molecule has 4 heterocycles. The molecule has 1 unspecified atom stereocenters. The first kappa shape index (κ1) is 12.6. The normalized spacial score (nSPS) is 25.5. The van der Waals surface area contributed by atoms with E-state index in [-0.39, 0.29) is 0 Å². The molecule has 6 heteroatoms. The molecule has 1 N–H and O–H groups in total. The zero-order chi connectivity index (χ0) is 13.4. The van der Waals surface area contributed by atoms with Gasteiger partial charge in [-0.2, -0.15) is 0 Å². The molecule has 0 amide bonds. The van der Waals surface area contributed by atoms with Gasteiger partial charge >= 0.3 is 0 Å². The Morgan fingerprint density at radius 3 is 2.85 bits per heavy atom. The molecular formula is C14H19N5S. The minimum Gasteiger partial charge on any atom is -0.317 e. The van der Waals surface area contributed by atoms with Gasteiger partial charge in [-0.3, -0.25) is 4.90 Å². The predicted molar refractivity (Wildman–Crippen MR) is 79.8 cm³/mol. The zero-order valence-electron chi connectivity index (χ0n) is 11.5. The van der Waals surface area contributed by atoms with Gasteiger partial charge in [0, 0.05) is 18.4 Å². The molecule has 5 nitrogen and oxygen atoms in total. The van der Waals surface area contributed by atoms with Crippen LogP contribution in [0.15, 0.2) is 12.4 Å². The lowest BCUT2D eigenvalue weighted by Crippen LogP contribution is -2.42. The van der Waals surface area contributed by atoms with Gasteiger partial charge in [-0.25, -0.2) is 15.0 Å². The number of nitrogens with one attached hydrogen (secondary N) is 1. The molecule has 2 aromatic rings. The molecule has 0 aliphatic carbocycles. The molecule has 106 valence electrons. The number of fused-ring (bicyclic) bond motifs is 1. The largest absolute Gasteiger partial charge is 0.317 e. The summed E-state index contributed by atoms with van der Waals surface area (Å²) in [5.74, 6) is 0. The minimum atomic E-state index is 0.485. The highest BCUT2D eigenvalue weighted by Gasteiger charge is 2.34. The first-order valence-corrected chi connectivity index (χ1v) is 8.27. The lowest BCUT2D eigenvalue weighted by atomic mass is 10.0. The molecule has 2 fully saturated rings. The number of rotatable bonds is 2. The van der Waals surface area contributed by atoms with Crippen LogP contribution in [-0.2, 0) is 0 Å². The first-order valence-electron chi connectivity index (χ1n) is 7.46. The SMILES string of the molecule is c1cnc2sc(C3CCCN3C3CCNCC3)nc2n1. The summed E-state index contributed by atoms with van der Waals surface area (Å²) in [6, 6.07) is 1.20. The molecule has 0 aromatic carbocycles. The smallest absolute Gasteiger partial charge is 0.189 e. The van der Waals surface area contributed by atoms with Crippen LogP contribution in [0.3, 0.4) is 0 Å². The van der Waals surface area contributed by atoms with E-state index in [0.717, 1.165) is 29.6 Å². The van der Waals surface area contributed by atoms with E-state index < -0.39 is 0 Å². The van der Waals surface area contributed by atoms with Gasteiger partial charge in [0.1, 0.15) is 5.01 Å². The van der Waals surface area contributed by atoms with E-state index in [0.29, 0.717) is 6.04 Å². The lowest BCUT2D eigenvalue weighted by Gasteiger charge is -2.35. The quantitative estimate of drug-likeness (QED) is 0.916. The number of hydrogen-bond donors (Lipinski definition) is 1. The number of nitrogens with zero attached hydrogens (tertiary/aromatic N) is 4. The fourth-order valence-electron chi connectivity index (χ4n) is 3.46. The Balaban J connectivity index is 1.62. The van der Waals surface area contributed by atoms with Crippen LogP contribution in [0.2, 0.25) is 0 Å². The first-order chi connectivity index (χ1) is 9.92. The summed E-state index contributed by atoms with van der Waals surface area (Å²) in [7, 11) is 0. The molecule has 1 atom stereocenters. The minimum absolute atomic E-state index is 0.485. The topological polar surface area (TPSA) is 53.9 Å². The molecule has 0 spiro atoms. The number of aromatic nitrogens is 3. The summed E-state index contributed by atoms with van der Waals surface area (Å²) in [5.41, 5.74) is 0.810. The molecule has 2 aliphatic rings. The second kappa shape index (κ2) is 5.35. The van der Waals surface area contributed by atoms with Crippen LogP contribution in [0, 0.1) is 0 Å².